The van der Waals surface area contributed by atoms with E-state index in [0.29, 0.717) is 23.9 Å². The molecule has 0 unspecified atom stereocenters. The smallest absolute Gasteiger partial charge is 0.263 e. The van der Waals surface area contributed by atoms with Crippen LogP contribution in [0.1, 0.15) is 13.3 Å². The lowest BCUT2D eigenvalue weighted by atomic mass is 10.3. The maximum atomic E-state index is 12.1. The molecule has 1 fully saturated rings. The van der Waals surface area contributed by atoms with Gasteiger partial charge in [-0.15, -0.1) is 0 Å². The fourth-order valence-corrected chi connectivity index (χ4v) is 2.22. The van der Waals surface area contributed by atoms with Crippen molar-refractivity contribution in [2.45, 2.75) is 25.5 Å². The van der Waals surface area contributed by atoms with Gasteiger partial charge in [0.15, 0.2) is 6.10 Å². The molecule has 1 aliphatic rings. The number of likely N-dealkylation sites (tertiary alicyclic amines) is 1. The summed E-state index contributed by atoms with van der Waals surface area (Å²) in [5.74, 6) is 0.578. The zero-order valence-electron chi connectivity index (χ0n) is 10.3. The molecule has 2 N–H and O–H groups in total. The SMILES string of the molecule is C[C@H](Oc1cccc(Cl)c1)C(=O)N1CC[C@@H](N)C1. The molecule has 1 aromatic carbocycles. The lowest BCUT2D eigenvalue weighted by Crippen LogP contribution is -2.40. The number of halogens is 1. The molecule has 0 aliphatic carbocycles. The van der Waals surface area contributed by atoms with Crippen molar-refractivity contribution in [3.05, 3.63) is 29.3 Å². The summed E-state index contributed by atoms with van der Waals surface area (Å²) in [6.45, 7) is 3.07. The predicted molar refractivity (Wildman–Crippen MR) is 70.7 cm³/mol. The topological polar surface area (TPSA) is 55.6 Å². The number of rotatable bonds is 3. The van der Waals surface area contributed by atoms with E-state index in [2.05, 4.69) is 0 Å². The summed E-state index contributed by atoms with van der Waals surface area (Å²) < 4.78 is 5.59. The van der Waals surface area contributed by atoms with Crippen LogP contribution in [0.3, 0.4) is 0 Å². The maximum Gasteiger partial charge on any atom is 0.263 e. The Hall–Kier alpha value is -1.26. The Labute approximate surface area is 112 Å². The number of hydrogen-bond acceptors (Lipinski definition) is 3. The first kappa shape index (κ1) is 13.2. The molecule has 1 aliphatic heterocycles. The van der Waals surface area contributed by atoms with E-state index in [1.807, 2.05) is 0 Å². The molecule has 5 heteroatoms. The number of carbonyl (C=O) groups excluding carboxylic acids is 1. The van der Waals surface area contributed by atoms with Crippen molar-refractivity contribution in [2.24, 2.45) is 5.73 Å². The molecular formula is C13H17ClN2O2. The quantitative estimate of drug-likeness (QED) is 0.907. The van der Waals surface area contributed by atoms with Crippen LogP contribution in [0.2, 0.25) is 5.02 Å². The standard InChI is InChI=1S/C13H17ClN2O2/c1-9(13(17)16-6-5-11(15)8-16)18-12-4-2-3-10(14)7-12/h2-4,7,9,11H,5-6,8,15H2,1H3/t9-,11+/m0/s1. The van der Waals surface area contributed by atoms with E-state index >= 15 is 0 Å². The Morgan fingerprint density at radius 3 is 3.00 bits per heavy atom. The minimum atomic E-state index is -0.520. The molecule has 0 saturated carbocycles. The van der Waals surface area contributed by atoms with Gasteiger partial charge < -0.3 is 15.4 Å². The zero-order valence-corrected chi connectivity index (χ0v) is 11.1. The van der Waals surface area contributed by atoms with Gasteiger partial charge in [-0.05, 0) is 31.5 Å². The average molecular weight is 269 g/mol. The first-order chi connectivity index (χ1) is 8.56. The van der Waals surface area contributed by atoms with Gasteiger partial charge in [-0.2, -0.15) is 0 Å². The number of nitrogens with two attached hydrogens (primary N) is 1. The number of benzene rings is 1. The third-order valence-electron chi connectivity index (χ3n) is 2.99. The van der Waals surface area contributed by atoms with Gasteiger partial charge in [0, 0.05) is 24.2 Å². The second kappa shape index (κ2) is 5.59. The first-order valence-corrected chi connectivity index (χ1v) is 6.40. The number of hydrogen-bond donors (Lipinski definition) is 1. The van der Waals surface area contributed by atoms with Gasteiger partial charge in [0.05, 0.1) is 0 Å². The third-order valence-corrected chi connectivity index (χ3v) is 3.23. The molecule has 0 bridgehead atoms. The Morgan fingerprint density at radius 2 is 2.39 bits per heavy atom. The molecule has 98 valence electrons. The molecule has 18 heavy (non-hydrogen) atoms. The largest absolute Gasteiger partial charge is 0.481 e. The minimum absolute atomic E-state index is 0.0251. The van der Waals surface area contributed by atoms with Crippen molar-refractivity contribution in [1.82, 2.24) is 4.90 Å². The van der Waals surface area contributed by atoms with Crippen LogP contribution in [0.4, 0.5) is 0 Å². The highest BCUT2D eigenvalue weighted by Gasteiger charge is 2.28. The van der Waals surface area contributed by atoms with E-state index in [4.69, 9.17) is 22.1 Å². The van der Waals surface area contributed by atoms with Crippen LogP contribution in [0.5, 0.6) is 5.75 Å². The van der Waals surface area contributed by atoms with Gasteiger partial charge in [0.25, 0.3) is 5.91 Å². The van der Waals surface area contributed by atoms with E-state index in [0.717, 1.165) is 6.42 Å². The van der Waals surface area contributed by atoms with Gasteiger partial charge in [-0.3, -0.25) is 4.79 Å². The molecule has 0 spiro atoms. The van der Waals surface area contributed by atoms with Crippen molar-refractivity contribution in [3.8, 4) is 5.75 Å². The number of nitrogens with zero attached hydrogens (tertiary/aromatic N) is 1. The predicted octanol–water partition coefficient (Wildman–Crippen LogP) is 1.67. The summed E-state index contributed by atoms with van der Waals surface area (Å²) in [6, 6.07) is 7.13. The van der Waals surface area contributed by atoms with Gasteiger partial charge >= 0.3 is 0 Å². The summed E-state index contributed by atoms with van der Waals surface area (Å²) in [6.07, 6.45) is 0.337. The molecule has 4 nitrogen and oxygen atoms in total. The molecule has 1 aromatic rings. The van der Waals surface area contributed by atoms with E-state index in [-0.39, 0.29) is 11.9 Å². The minimum Gasteiger partial charge on any atom is -0.481 e. The molecule has 0 aromatic heterocycles. The van der Waals surface area contributed by atoms with Crippen molar-refractivity contribution in [2.75, 3.05) is 13.1 Å². The zero-order chi connectivity index (χ0) is 13.1. The highest BCUT2D eigenvalue weighted by molar-refractivity contribution is 6.30. The normalized spacial score (nSPS) is 20.8. The van der Waals surface area contributed by atoms with Gasteiger partial charge in [0.1, 0.15) is 5.75 Å². The van der Waals surface area contributed by atoms with Gasteiger partial charge in [-0.1, -0.05) is 17.7 Å². The Bertz CT molecular complexity index is 439. The van der Waals surface area contributed by atoms with Gasteiger partial charge in [-0.25, -0.2) is 0 Å². The lowest BCUT2D eigenvalue weighted by molar-refractivity contribution is -0.136. The molecule has 1 saturated heterocycles. The van der Waals surface area contributed by atoms with Crippen LogP contribution in [0.25, 0.3) is 0 Å². The molecule has 1 amide bonds. The van der Waals surface area contributed by atoms with Crippen LogP contribution < -0.4 is 10.5 Å². The van der Waals surface area contributed by atoms with E-state index in [9.17, 15) is 4.79 Å². The summed E-state index contributed by atoms with van der Waals surface area (Å²) in [4.78, 5) is 13.8. The van der Waals surface area contributed by atoms with Crippen molar-refractivity contribution in [1.29, 1.82) is 0 Å². The number of carbonyl (C=O) groups is 1. The molecule has 2 rings (SSSR count). The second-order valence-electron chi connectivity index (χ2n) is 4.55. The van der Waals surface area contributed by atoms with E-state index < -0.39 is 6.10 Å². The van der Waals surface area contributed by atoms with Crippen molar-refractivity contribution < 1.29 is 9.53 Å². The van der Waals surface area contributed by atoms with Crippen molar-refractivity contribution in [3.63, 3.8) is 0 Å². The van der Waals surface area contributed by atoms with Crippen LogP contribution in [0, 0.1) is 0 Å². The fourth-order valence-electron chi connectivity index (χ4n) is 2.04. The maximum absolute atomic E-state index is 12.1. The molecule has 1 heterocycles. The van der Waals surface area contributed by atoms with Crippen LogP contribution in [0.15, 0.2) is 24.3 Å². The summed E-state index contributed by atoms with van der Waals surface area (Å²) in [5.41, 5.74) is 5.78. The number of ether oxygens (including phenoxy) is 1. The van der Waals surface area contributed by atoms with Crippen LogP contribution >= 0.6 is 11.6 Å². The van der Waals surface area contributed by atoms with Crippen molar-refractivity contribution >= 4 is 17.5 Å². The molecule has 0 radical (unpaired) electrons. The third kappa shape index (κ3) is 3.15. The highest BCUT2D eigenvalue weighted by Crippen LogP contribution is 2.19. The highest BCUT2D eigenvalue weighted by atomic mass is 35.5. The molecule has 2 atom stereocenters. The molecular weight excluding hydrogens is 252 g/mol. The monoisotopic (exact) mass is 268 g/mol. The Morgan fingerprint density at radius 1 is 1.61 bits per heavy atom. The summed E-state index contributed by atoms with van der Waals surface area (Å²) in [5, 5.41) is 0.593. The van der Waals surface area contributed by atoms with Crippen LogP contribution in [-0.4, -0.2) is 36.0 Å². The van der Waals surface area contributed by atoms with E-state index in [1.165, 1.54) is 0 Å². The summed E-state index contributed by atoms with van der Waals surface area (Å²) >= 11 is 5.86. The van der Waals surface area contributed by atoms with Crippen LogP contribution in [-0.2, 0) is 4.79 Å². The number of amides is 1. The average Bonchev–Trinajstić information content (AvgIpc) is 2.75. The van der Waals surface area contributed by atoms with Gasteiger partial charge in [0.2, 0.25) is 0 Å². The fraction of sp³-hybridized carbons (Fsp3) is 0.462. The second-order valence-corrected chi connectivity index (χ2v) is 4.99. The Balaban J connectivity index is 1.95. The summed E-state index contributed by atoms with van der Waals surface area (Å²) in [7, 11) is 0. The Kier molecular flexibility index (Phi) is 4.09. The lowest BCUT2D eigenvalue weighted by Gasteiger charge is -2.21. The van der Waals surface area contributed by atoms with E-state index in [1.54, 1.807) is 36.1 Å². The first-order valence-electron chi connectivity index (χ1n) is 6.03.